The van der Waals surface area contributed by atoms with Crippen molar-refractivity contribution in [3.05, 3.63) is 38.7 Å². The Kier molecular flexibility index (Phi) is 5.59. The van der Waals surface area contributed by atoms with Crippen LogP contribution in [0.2, 0.25) is 10.0 Å². The minimum absolute atomic E-state index is 0.189. The molecular weight excluding hydrogens is 341 g/mol. The van der Waals surface area contributed by atoms with Crippen molar-refractivity contribution < 1.29 is 9.59 Å². The molecule has 6 heteroatoms. The van der Waals surface area contributed by atoms with Gasteiger partial charge in [0.05, 0.1) is 15.5 Å². The van der Waals surface area contributed by atoms with E-state index in [1.165, 1.54) is 16.7 Å². The summed E-state index contributed by atoms with van der Waals surface area (Å²) in [7, 11) is 0. The van der Waals surface area contributed by atoms with Crippen LogP contribution in [0.4, 0.5) is 0 Å². The Morgan fingerprint density at radius 1 is 1.18 bits per heavy atom. The van der Waals surface area contributed by atoms with Gasteiger partial charge in [0.15, 0.2) is 0 Å². The van der Waals surface area contributed by atoms with Crippen LogP contribution < -0.4 is 0 Å². The summed E-state index contributed by atoms with van der Waals surface area (Å²) < 4.78 is 0. The zero-order valence-electron chi connectivity index (χ0n) is 12.7. The molecule has 0 unspecified atom stereocenters. The molecule has 0 radical (unpaired) electrons. The lowest BCUT2D eigenvalue weighted by atomic mass is 10.1. The number of imide groups is 1. The SMILES string of the molecule is CCCN1C(=O)C(SC(C)C)=C(c2ccc(Cl)cc2Cl)C1=O. The lowest BCUT2D eigenvalue weighted by Crippen LogP contribution is -2.32. The fraction of sp³-hybridized carbons (Fsp3) is 0.375. The van der Waals surface area contributed by atoms with Crippen molar-refractivity contribution in [1.82, 2.24) is 4.90 Å². The predicted octanol–water partition coefficient (Wildman–Crippen LogP) is 4.62. The highest BCUT2D eigenvalue weighted by Crippen LogP contribution is 2.40. The van der Waals surface area contributed by atoms with Crippen LogP contribution in [0.25, 0.3) is 5.57 Å². The van der Waals surface area contributed by atoms with Gasteiger partial charge in [-0.3, -0.25) is 14.5 Å². The van der Waals surface area contributed by atoms with Crippen LogP contribution in [0.1, 0.15) is 32.8 Å². The van der Waals surface area contributed by atoms with Crippen LogP contribution in [0, 0.1) is 0 Å². The topological polar surface area (TPSA) is 37.4 Å². The van der Waals surface area contributed by atoms with E-state index in [4.69, 9.17) is 23.2 Å². The number of nitrogens with zero attached hydrogens (tertiary/aromatic N) is 1. The molecule has 2 rings (SSSR count). The Hall–Kier alpha value is -0.970. The molecule has 0 aromatic heterocycles. The van der Waals surface area contributed by atoms with Gasteiger partial charge in [-0.15, -0.1) is 11.8 Å². The number of thioether (sulfide) groups is 1. The molecule has 2 amide bonds. The van der Waals surface area contributed by atoms with Gasteiger partial charge in [-0.2, -0.15) is 0 Å². The summed E-state index contributed by atoms with van der Waals surface area (Å²) in [6, 6.07) is 4.96. The first-order valence-electron chi connectivity index (χ1n) is 7.09. The summed E-state index contributed by atoms with van der Waals surface area (Å²) in [6.45, 7) is 6.32. The van der Waals surface area contributed by atoms with Gasteiger partial charge >= 0.3 is 0 Å². The average molecular weight is 358 g/mol. The van der Waals surface area contributed by atoms with E-state index in [2.05, 4.69) is 0 Å². The van der Waals surface area contributed by atoms with Gasteiger partial charge in [0.2, 0.25) is 0 Å². The van der Waals surface area contributed by atoms with E-state index in [-0.39, 0.29) is 17.1 Å². The van der Waals surface area contributed by atoms with Crippen molar-refractivity contribution in [1.29, 1.82) is 0 Å². The first-order valence-corrected chi connectivity index (χ1v) is 8.72. The Morgan fingerprint density at radius 2 is 1.86 bits per heavy atom. The highest BCUT2D eigenvalue weighted by molar-refractivity contribution is 8.04. The lowest BCUT2D eigenvalue weighted by Gasteiger charge is -2.13. The van der Waals surface area contributed by atoms with Gasteiger partial charge < -0.3 is 0 Å². The molecule has 0 bridgehead atoms. The predicted molar refractivity (Wildman–Crippen MR) is 93.1 cm³/mol. The van der Waals surface area contributed by atoms with Crippen molar-refractivity contribution in [2.24, 2.45) is 0 Å². The fourth-order valence-corrected chi connectivity index (χ4v) is 3.76. The second kappa shape index (κ2) is 7.07. The standard InChI is InChI=1S/C16H17Cl2NO2S/c1-4-7-19-15(20)13(14(16(19)21)22-9(2)3)11-6-5-10(17)8-12(11)18/h5-6,8-9H,4,7H2,1-3H3. The monoisotopic (exact) mass is 357 g/mol. The van der Waals surface area contributed by atoms with E-state index in [9.17, 15) is 9.59 Å². The highest BCUT2D eigenvalue weighted by atomic mass is 35.5. The maximum Gasteiger partial charge on any atom is 0.267 e. The molecule has 0 saturated carbocycles. The van der Waals surface area contributed by atoms with Crippen molar-refractivity contribution in [2.75, 3.05) is 6.54 Å². The van der Waals surface area contributed by atoms with E-state index in [0.717, 1.165) is 6.42 Å². The number of hydrogen-bond acceptors (Lipinski definition) is 3. The Labute approximate surface area is 144 Å². The molecule has 1 aromatic carbocycles. The fourth-order valence-electron chi connectivity index (χ4n) is 2.26. The zero-order valence-corrected chi connectivity index (χ0v) is 15.0. The van der Waals surface area contributed by atoms with Crippen LogP contribution in [0.5, 0.6) is 0 Å². The largest absolute Gasteiger partial charge is 0.274 e. The molecule has 0 atom stereocenters. The van der Waals surface area contributed by atoms with Crippen LogP contribution in [-0.4, -0.2) is 28.5 Å². The lowest BCUT2D eigenvalue weighted by molar-refractivity contribution is -0.136. The number of carbonyl (C=O) groups excluding carboxylic acids is 2. The quantitative estimate of drug-likeness (QED) is 0.721. The third-order valence-electron chi connectivity index (χ3n) is 3.13. The number of carbonyl (C=O) groups is 2. The third kappa shape index (κ3) is 3.34. The second-order valence-electron chi connectivity index (χ2n) is 5.26. The average Bonchev–Trinajstić information content (AvgIpc) is 2.64. The van der Waals surface area contributed by atoms with Gasteiger partial charge in [-0.25, -0.2) is 0 Å². The van der Waals surface area contributed by atoms with Crippen molar-refractivity contribution in [3.8, 4) is 0 Å². The molecule has 0 aliphatic carbocycles. The zero-order chi connectivity index (χ0) is 16.4. The number of rotatable bonds is 5. The van der Waals surface area contributed by atoms with Crippen LogP contribution in [0.15, 0.2) is 23.1 Å². The highest BCUT2D eigenvalue weighted by Gasteiger charge is 2.39. The smallest absolute Gasteiger partial charge is 0.267 e. The molecule has 1 aliphatic heterocycles. The van der Waals surface area contributed by atoms with Crippen LogP contribution >= 0.6 is 35.0 Å². The Bertz CT molecular complexity index is 656. The minimum Gasteiger partial charge on any atom is -0.274 e. The first-order chi connectivity index (χ1) is 10.4. The number of amides is 2. The maximum absolute atomic E-state index is 12.7. The summed E-state index contributed by atoms with van der Waals surface area (Å²) in [5.74, 6) is -0.509. The van der Waals surface area contributed by atoms with E-state index < -0.39 is 0 Å². The molecule has 22 heavy (non-hydrogen) atoms. The van der Waals surface area contributed by atoms with E-state index in [1.54, 1.807) is 18.2 Å². The van der Waals surface area contributed by atoms with Crippen LogP contribution in [-0.2, 0) is 9.59 Å². The molecule has 1 aliphatic rings. The Balaban J connectivity index is 2.57. The van der Waals surface area contributed by atoms with Gasteiger partial charge in [0.1, 0.15) is 0 Å². The molecule has 0 saturated heterocycles. The van der Waals surface area contributed by atoms with Gasteiger partial charge in [0.25, 0.3) is 11.8 Å². The number of hydrogen-bond donors (Lipinski definition) is 0. The third-order valence-corrected chi connectivity index (χ3v) is 4.76. The summed E-state index contributed by atoms with van der Waals surface area (Å²) in [4.78, 5) is 27.0. The minimum atomic E-state index is -0.278. The Morgan fingerprint density at radius 3 is 2.41 bits per heavy atom. The summed E-state index contributed by atoms with van der Waals surface area (Å²) in [6.07, 6.45) is 0.721. The molecule has 0 fully saturated rings. The molecule has 1 aromatic rings. The molecule has 1 heterocycles. The summed E-state index contributed by atoms with van der Waals surface area (Å²) >= 11 is 13.6. The van der Waals surface area contributed by atoms with Gasteiger partial charge in [-0.05, 0) is 18.6 Å². The molecule has 118 valence electrons. The van der Waals surface area contributed by atoms with Crippen molar-refractivity contribution in [3.63, 3.8) is 0 Å². The number of benzene rings is 1. The van der Waals surface area contributed by atoms with Crippen molar-refractivity contribution >= 4 is 52.4 Å². The second-order valence-corrected chi connectivity index (χ2v) is 7.69. The molecule has 0 N–H and O–H groups in total. The van der Waals surface area contributed by atoms with E-state index >= 15 is 0 Å². The van der Waals surface area contributed by atoms with Gasteiger partial charge in [-0.1, -0.05) is 50.0 Å². The molecule has 3 nitrogen and oxygen atoms in total. The molecule has 0 spiro atoms. The van der Waals surface area contributed by atoms with Gasteiger partial charge in [0, 0.05) is 22.4 Å². The first kappa shape index (κ1) is 17.4. The van der Waals surface area contributed by atoms with Crippen molar-refractivity contribution in [2.45, 2.75) is 32.4 Å². The maximum atomic E-state index is 12.7. The molecular formula is C16H17Cl2NO2S. The summed E-state index contributed by atoms with van der Waals surface area (Å²) in [5.41, 5.74) is 0.949. The van der Waals surface area contributed by atoms with E-state index in [0.29, 0.717) is 32.6 Å². The number of halogens is 2. The summed E-state index contributed by atoms with van der Waals surface area (Å²) in [5, 5.41) is 1.06. The van der Waals surface area contributed by atoms with Crippen LogP contribution in [0.3, 0.4) is 0 Å². The van der Waals surface area contributed by atoms with E-state index in [1.807, 2.05) is 20.8 Å². The normalized spacial score (nSPS) is 15.5.